The molecule has 0 aromatic rings. The highest BCUT2D eigenvalue weighted by atomic mass is 16.5. The molecule has 0 aromatic carbocycles. The van der Waals surface area contributed by atoms with Gasteiger partial charge >= 0.3 is 12.2 Å². The Morgan fingerprint density at radius 3 is 2.21 bits per heavy atom. The maximum atomic E-state index is 13.6. The summed E-state index contributed by atoms with van der Waals surface area (Å²) < 4.78 is 5.89. The van der Waals surface area contributed by atoms with Gasteiger partial charge in [0.15, 0.2) is 0 Å². The normalized spacial score (nSPS) is 48.8. The minimum atomic E-state index is -0.408. The van der Waals surface area contributed by atoms with Gasteiger partial charge in [-0.2, -0.15) is 4.79 Å². The predicted octanol–water partition coefficient (Wildman–Crippen LogP) is 7.45. The summed E-state index contributed by atoms with van der Waals surface area (Å²) in [5, 5.41) is 0. The Balaban J connectivity index is 1.53. The van der Waals surface area contributed by atoms with Gasteiger partial charge in [-0.15, -0.1) is 0 Å². The van der Waals surface area contributed by atoms with E-state index in [-0.39, 0.29) is 45.4 Å². The van der Waals surface area contributed by atoms with Crippen LogP contribution in [0.15, 0.2) is 12.2 Å². The van der Waals surface area contributed by atoms with Gasteiger partial charge in [-0.05, 0) is 117 Å². The first-order valence-electron chi connectivity index (χ1n) is 15.2. The van der Waals surface area contributed by atoms with Crippen molar-refractivity contribution in [2.45, 2.75) is 119 Å². The molecule has 5 saturated carbocycles. The lowest BCUT2D eigenvalue weighted by Crippen LogP contribution is -2.67. The van der Waals surface area contributed by atoms with Crippen molar-refractivity contribution in [1.29, 1.82) is 0 Å². The third-order valence-corrected chi connectivity index (χ3v) is 14.0. The van der Waals surface area contributed by atoms with E-state index in [2.05, 4.69) is 52.9 Å². The molecule has 0 spiro atoms. The minimum absolute atomic E-state index is 0.00123. The standard InChI is InChI=1S/C33H50N2O3/c1-20(2)22-11-16-33(26(37)19-35-34)18-17-31(7)23(28(22)33)9-10-25-30(6)14-13-27(38-21(3)36)29(4,5)24(30)12-15-32(25,31)8/h19,22-25,27-28H,1,9-18H2,2-8H3/t22?,23?,24?,25?,27-,28?,30-,31+,32+,33+/m0/s1. The largest absolute Gasteiger partial charge is 0.462 e. The van der Waals surface area contributed by atoms with Gasteiger partial charge in [-0.3, -0.25) is 9.59 Å². The number of esters is 1. The van der Waals surface area contributed by atoms with E-state index in [0.29, 0.717) is 23.7 Å². The summed E-state index contributed by atoms with van der Waals surface area (Å²) in [6.45, 7) is 20.5. The molecule has 5 fully saturated rings. The van der Waals surface area contributed by atoms with Crippen LogP contribution in [0, 0.1) is 56.7 Å². The average molecular weight is 523 g/mol. The van der Waals surface area contributed by atoms with Crippen LogP contribution >= 0.6 is 0 Å². The van der Waals surface area contributed by atoms with Crippen LogP contribution in [0.25, 0.3) is 5.53 Å². The molecule has 10 atom stereocenters. The van der Waals surface area contributed by atoms with Gasteiger partial charge in [0.25, 0.3) is 0 Å². The second kappa shape index (κ2) is 8.88. The Bertz CT molecular complexity index is 1090. The van der Waals surface area contributed by atoms with E-state index in [1.807, 2.05) is 0 Å². The Morgan fingerprint density at radius 2 is 1.58 bits per heavy atom. The highest BCUT2D eigenvalue weighted by Gasteiger charge is 2.72. The number of ether oxygens (including phenoxy) is 1. The van der Waals surface area contributed by atoms with E-state index in [9.17, 15) is 15.1 Å². The Hall–Kier alpha value is -1.74. The lowest BCUT2D eigenvalue weighted by Gasteiger charge is -2.72. The second-order valence-corrected chi connectivity index (χ2v) is 15.4. The minimum Gasteiger partial charge on any atom is -0.462 e. The van der Waals surface area contributed by atoms with E-state index in [0.717, 1.165) is 44.9 Å². The fourth-order valence-electron chi connectivity index (χ4n) is 12.1. The van der Waals surface area contributed by atoms with Crippen LogP contribution in [0.1, 0.15) is 113 Å². The van der Waals surface area contributed by atoms with Gasteiger partial charge in [0.1, 0.15) is 6.10 Å². The number of Topliss-reactive ketones (excluding diaryl/α,β-unsaturated/α-hetero) is 1. The van der Waals surface area contributed by atoms with Crippen LogP contribution in [0.4, 0.5) is 0 Å². The number of hydrogen-bond donors (Lipinski definition) is 0. The molecule has 0 aliphatic heterocycles. The summed E-state index contributed by atoms with van der Waals surface area (Å²) in [6, 6.07) is 0. The molecule has 0 saturated heterocycles. The van der Waals surface area contributed by atoms with Crippen molar-refractivity contribution in [3.05, 3.63) is 17.7 Å². The molecule has 210 valence electrons. The summed E-state index contributed by atoms with van der Waals surface area (Å²) in [4.78, 5) is 28.7. The highest BCUT2D eigenvalue weighted by Crippen LogP contribution is 2.77. The van der Waals surface area contributed by atoms with Crippen molar-refractivity contribution in [3.8, 4) is 0 Å². The molecule has 0 aromatic heterocycles. The third-order valence-electron chi connectivity index (χ3n) is 14.0. The number of carbonyl (C=O) groups excluding carboxylic acids is 2. The summed E-state index contributed by atoms with van der Waals surface area (Å²) in [5.74, 6) is 2.15. The molecular formula is C33H50N2O3. The van der Waals surface area contributed by atoms with Crippen LogP contribution < -0.4 is 0 Å². The molecule has 0 N–H and O–H groups in total. The summed E-state index contributed by atoms with van der Waals surface area (Å²) >= 11 is 0. The van der Waals surface area contributed by atoms with Gasteiger partial charge in [0, 0.05) is 17.8 Å². The van der Waals surface area contributed by atoms with Crippen LogP contribution in [-0.4, -0.2) is 28.9 Å². The average Bonchev–Trinajstić information content (AvgIpc) is 3.23. The number of fused-ring (bicyclic) bond motifs is 7. The third kappa shape index (κ3) is 3.49. The summed E-state index contributed by atoms with van der Waals surface area (Å²) in [5.41, 5.74) is 10.6. The zero-order valence-corrected chi connectivity index (χ0v) is 24.9. The summed E-state index contributed by atoms with van der Waals surface area (Å²) in [7, 11) is 0. The van der Waals surface area contributed by atoms with Gasteiger partial charge in [-0.25, -0.2) is 0 Å². The van der Waals surface area contributed by atoms with Crippen molar-refractivity contribution in [2.24, 2.45) is 56.7 Å². The first-order chi connectivity index (χ1) is 17.7. The van der Waals surface area contributed by atoms with Crippen LogP contribution in [-0.2, 0) is 14.3 Å². The first kappa shape index (κ1) is 27.8. The molecule has 0 radical (unpaired) electrons. The van der Waals surface area contributed by atoms with Crippen LogP contribution in [0.5, 0.6) is 0 Å². The number of ketones is 1. The second-order valence-electron chi connectivity index (χ2n) is 15.4. The molecule has 0 heterocycles. The number of rotatable bonds is 4. The molecule has 5 rings (SSSR count). The number of nitrogens with zero attached hydrogens (tertiary/aromatic N) is 2. The number of hydrogen-bond acceptors (Lipinski definition) is 3. The van der Waals surface area contributed by atoms with Crippen molar-refractivity contribution < 1.29 is 19.1 Å². The highest BCUT2D eigenvalue weighted by molar-refractivity contribution is 6.28. The molecule has 5 nitrogen and oxygen atoms in total. The van der Waals surface area contributed by atoms with E-state index in [4.69, 9.17) is 4.74 Å². The lowest BCUT2D eigenvalue weighted by atomic mass is 9.32. The molecule has 5 aliphatic carbocycles. The van der Waals surface area contributed by atoms with Crippen LogP contribution in [0.2, 0.25) is 0 Å². The lowest BCUT2D eigenvalue weighted by molar-refractivity contribution is -0.248. The summed E-state index contributed by atoms with van der Waals surface area (Å²) in [6.07, 6.45) is 11.9. The van der Waals surface area contributed by atoms with Crippen molar-refractivity contribution in [3.63, 3.8) is 0 Å². The molecule has 0 bridgehead atoms. The van der Waals surface area contributed by atoms with Gasteiger partial charge in [0.2, 0.25) is 5.78 Å². The quantitative estimate of drug-likeness (QED) is 0.126. The maximum Gasteiger partial charge on any atom is 0.323 e. The molecule has 5 aliphatic rings. The van der Waals surface area contributed by atoms with E-state index in [1.54, 1.807) is 6.92 Å². The van der Waals surface area contributed by atoms with E-state index >= 15 is 0 Å². The molecule has 5 heteroatoms. The zero-order valence-electron chi connectivity index (χ0n) is 24.9. The Labute approximate surface area is 230 Å². The SMILES string of the molecule is C=C(C)C1CC[C@]2(C(=O)C=[N+]=[N-])CC[C@]3(C)C(CCC4[C@@]5(C)CC[C@H](OC(C)=O)C(C)(C)C5CC[C@]43C)C12. The molecule has 38 heavy (non-hydrogen) atoms. The van der Waals surface area contributed by atoms with Gasteiger partial charge in [0.05, 0.1) is 0 Å². The van der Waals surface area contributed by atoms with Crippen molar-refractivity contribution in [2.75, 3.05) is 0 Å². The van der Waals surface area contributed by atoms with Crippen molar-refractivity contribution >= 4 is 18.0 Å². The number of allylic oxidation sites excluding steroid dienone is 1. The monoisotopic (exact) mass is 522 g/mol. The number of carbonyl (C=O) groups is 2. The maximum absolute atomic E-state index is 13.6. The molecular weight excluding hydrogens is 472 g/mol. The Morgan fingerprint density at radius 1 is 0.868 bits per heavy atom. The molecule has 5 unspecified atom stereocenters. The van der Waals surface area contributed by atoms with Gasteiger partial charge in [-0.1, -0.05) is 46.8 Å². The fourth-order valence-corrected chi connectivity index (χ4v) is 12.1. The van der Waals surface area contributed by atoms with E-state index in [1.165, 1.54) is 31.1 Å². The fraction of sp³-hybridized carbons (Fsp3) is 0.848. The van der Waals surface area contributed by atoms with Gasteiger partial charge < -0.3 is 10.3 Å². The first-order valence-corrected chi connectivity index (χ1v) is 15.2. The van der Waals surface area contributed by atoms with Crippen LogP contribution in [0.3, 0.4) is 0 Å². The zero-order chi connectivity index (χ0) is 27.9. The molecule has 0 amide bonds. The smallest absolute Gasteiger partial charge is 0.323 e. The predicted molar refractivity (Wildman–Crippen MR) is 149 cm³/mol. The topological polar surface area (TPSA) is 79.8 Å². The Kier molecular flexibility index (Phi) is 6.50. The van der Waals surface area contributed by atoms with E-state index < -0.39 is 5.41 Å². The van der Waals surface area contributed by atoms with Crippen molar-refractivity contribution in [1.82, 2.24) is 0 Å².